The number of primary amides is 1. The fraction of sp³-hybridized carbons (Fsp3) is 0.441. The van der Waals surface area contributed by atoms with E-state index in [1.165, 1.54) is 0 Å². The summed E-state index contributed by atoms with van der Waals surface area (Å²) in [6.07, 6.45) is 6.42. The smallest absolute Gasteiger partial charge is 0.254 e. The molecule has 4 heterocycles. The van der Waals surface area contributed by atoms with Crippen LogP contribution in [0.3, 0.4) is 0 Å². The first-order valence-electron chi connectivity index (χ1n) is 16.1. The van der Waals surface area contributed by atoms with Gasteiger partial charge in [0.15, 0.2) is 0 Å². The third kappa shape index (κ3) is 7.22. The quantitative estimate of drug-likeness (QED) is 0.297. The fourth-order valence-corrected chi connectivity index (χ4v) is 6.77. The molecule has 1 atom stereocenters. The van der Waals surface area contributed by atoms with Crippen molar-refractivity contribution in [3.05, 3.63) is 72.3 Å². The summed E-state index contributed by atoms with van der Waals surface area (Å²) in [5.41, 5.74) is 13.4. The second kappa shape index (κ2) is 14.3. The van der Waals surface area contributed by atoms with Gasteiger partial charge in [0, 0.05) is 77.1 Å². The average Bonchev–Trinajstić information content (AvgIpc) is 3.47. The molecule has 0 radical (unpaired) electrons. The van der Waals surface area contributed by atoms with Gasteiger partial charge in [-0.2, -0.15) is 5.10 Å². The molecule has 2 fully saturated rings. The molecule has 3 aliphatic rings. The Labute approximate surface area is 264 Å². The lowest BCUT2D eigenvalue weighted by atomic mass is 9.87. The highest BCUT2D eigenvalue weighted by Gasteiger charge is 2.35. The van der Waals surface area contributed by atoms with E-state index >= 15 is 0 Å². The number of benzene rings is 2. The van der Waals surface area contributed by atoms with E-state index in [9.17, 15) is 9.59 Å². The second-order valence-electron chi connectivity index (χ2n) is 12.1. The summed E-state index contributed by atoms with van der Waals surface area (Å²) in [7, 11) is 0. The SMILES string of the molecule is NCCN1CCN(CC=CC(=O)N2CCC([C@@H]3CCNc4c(C(N)=O)c(-c5ccc(Oc6ccccc6)cc5)nn43)CC2)CC1. The van der Waals surface area contributed by atoms with Crippen LogP contribution >= 0.6 is 0 Å². The largest absolute Gasteiger partial charge is 0.457 e. The van der Waals surface area contributed by atoms with Crippen molar-refractivity contribution in [2.45, 2.75) is 25.3 Å². The Bertz CT molecular complexity index is 1470. The summed E-state index contributed by atoms with van der Waals surface area (Å²) in [5, 5.41) is 8.36. The van der Waals surface area contributed by atoms with Crippen LogP contribution < -0.4 is 21.5 Å². The van der Waals surface area contributed by atoms with Crippen LogP contribution in [0.5, 0.6) is 11.5 Å². The highest BCUT2D eigenvalue weighted by molar-refractivity contribution is 6.03. The number of carbonyl (C=O) groups excluding carboxylic acids is 2. The summed E-state index contributed by atoms with van der Waals surface area (Å²) in [5.74, 6) is 2.06. The van der Waals surface area contributed by atoms with Gasteiger partial charge in [0.05, 0.1) is 6.04 Å². The number of hydrogen-bond donors (Lipinski definition) is 3. The first-order chi connectivity index (χ1) is 22.0. The first kappa shape index (κ1) is 30.8. The molecule has 2 amide bonds. The molecular weight excluding hydrogens is 568 g/mol. The Morgan fingerprint density at radius 3 is 2.29 bits per heavy atom. The maximum Gasteiger partial charge on any atom is 0.254 e. The Balaban J connectivity index is 1.08. The maximum atomic E-state index is 13.0. The Hall–Kier alpha value is -4.19. The van der Waals surface area contributed by atoms with Crippen molar-refractivity contribution >= 4 is 17.6 Å². The van der Waals surface area contributed by atoms with Crippen molar-refractivity contribution < 1.29 is 14.3 Å². The predicted octanol–water partition coefficient (Wildman–Crippen LogP) is 3.17. The summed E-state index contributed by atoms with van der Waals surface area (Å²) >= 11 is 0. The fourth-order valence-electron chi connectivity index (χ4n) is 6.77. The van der Waals surface area contributed by atoms with Crippen LogP contribution in [-0.4, -0.2) is 102 Å². The minimum absolute atomic E-state index is 0.0818. The number of nitrogens with one attached hydrogen (secondary N) is 1. The number of hydrogen-bond acceptors (Lipinski definition) is 8. The van der Waals surface area contributed by atoms with Crippen molar-refractivity contribution in [1.82, 2.24) is 24.5 Å². The zero-order chi connectivity index (χ0) is 31.2. The Morgan fingerprint density at radius 2 is 1.60 bits per heavy atom. The van der Waals surface area contributed by atoms with Crippen LogP contribution in [0.25, 0.3) is 11.3 Å². The molecule has 11 nitrogen and oxygen atoms in total. The molecule has 0 aliphatic carbocycles. The molecule has 0 unspecified atom stereocenters. The van der Waals surface area contributed by atoms with Crippen molar-refractivity contribution in [3.63, 3.8) is 0 Å². The highest BCUT2D eigenvalue weighted by Crippen LogP contribution is 2.40. The molecule has 238 valence electrons. The number of likely N-dealkylation sites (tertiary alicyclic amines) is 1. The number of carbonyl (C=O) groups is 2. The van der Waals surface area contributed by atoms with Crippen LogP contribution in [0.4, 0.5) is 5.82 Å². The van der Waals surface area contributed by atoms with Crippen molar-refractivity contribution in [2.24, 2.45) is 17.4 Å². The summed E-state index contributed by atoms with van der Waals surface area (Å²) in [4.78, 5) is 32.4. The minimum Gasteiger partial charge on any atom is -0.457 e. The van der Waals surface area contributed by atoms with E-state index in [-0.39, 0.29) is 11.9 Å². The van der Waals surface area contributed by atoms with Gasteiger partial charge in [-0.1, -0.05) is 24.3 Å². The number of amides is 2. The highest BCUT2D eigenvalue weighted by atomic mass is 16.5. The summed E-state index contributed by atoms with van der Waals surface area (Å²) in [6.45, 7) is 8.66. The number of ether oxygens (including phenoxy) is 1. The average molecular weight is 613 g/mol. The zero-order valence-electron chi connectivity index (χ0n) is 25.8. The molecule has 3 aliphatic heterocycles. The van der Waals surface area contributed by atoms with E-state index in [0.29, 0.717) is 48.4 Å². The van der Waals surface area contributed by atoms with Crippen LogP contribution in [0.15, 0.2) is 66.7 Å². The third-order valence-electron chi connectivity index (χ3n) is 9.24. The summed E-state index contributed by atoms with van der Waals surface area (Å²) in [6, 6.07) is 17.3. The topological polar surface area (TPSA) is 135 Å². The number of fused-ring (bicyclic) bond motifs is 1. The van der Waals surface area contributed by atoms with E-state index in [2.05, 4.69) is 15.1 Å². The number of nitrogens with two attached hydrogens (primary N) is 2. The standard InChI is InChI=1S/C34H44N8O3/c35-15-20-40-23-21-39(22-24-40)17-4-7-30(43)41-18-13-25(14-19-41)29-12-16-37-34-31(33(36)44)32(38-42(29)34)26-8-10-28(11-9-26)45-27-5-2-1-3-6-27/h1-11,25,29,37H,12-24,35H2,(H2,36,44)/t29-/m0/s1. The van der Waals surface area contributed by atoms with E-state index in [1.807, 2.05) is 70.3 Å². The molecule has 45 heavy (non-hydrogen) atoms. The first-order valence-corrected chi connectivity index (χ1v) is 16.1. The van der Waals surface area contributed by atoms with Gasteiger partial charge in [-0.05, 0) is 61.6 Å². The van der Waals surface area contributed by atoms with Crippen LogP contribution in [0.1, 0.15) is 35.7 Å². The van der Waals surface area contributed by atoms with Crippen molar-refractivity contribution in [1.29, 1.82) is 0 Å². The number of rotatable bonds is 10. The van der Waals surface area contributed by atoms with Crippen LogP contribution in [0, 0.1) is 5.92 Å². The molecule has 0 spiro atoms. The van der Waals surface area contributed by atoms with Gasteiger partial charge < -0.3 is 26.4 Å². The van der Waals surface area contributed by atoms with E-state index in [1.54, 1.807) is 6.08 Å². The molecule has 11 heteroatoms. The lowest BCUT2D eigenvalue weighted by Gasteiger charge is -2.38. The van der Waals surface area contributed by atoms with Crippen LogP contribution in [0.2, 0.25) is 0 Å². The van der Waals surface area contributed by atoms with Crippen molar-refractivity contribution in [3.8, 4) is 22.8 Å². The molecule has 1 aromatic heterocycles. The van der Waals surface area contributed by atoms with E-state index in [4.69, 9.17) is 21.3 Å². The minimum atomic E-state index is -0.506. The van der Waals surface area contributed by atoms with Gasteiger partial charge in [0.2, 0.25) is 5.91 Å². The van der Waals surface area contributed by atoms with Crippen molar-refractivity contribution in [2.75, 3.05) is 70.8 Å². The van der Waals surface area contributed by atoms with Gasteiger partial charge in [-0.15, -0.1) is 0 Å². The van der Waals surface area contributed by atoms with Gasteiger partial charge in [-0.25, -0.2) is 4.68 Å². The van der Waals surface area contributed by atoms with E-state index in [0.717, 1.165) is 76.4 Å². The van der Waals surface area contributed by atoms with E-state index < -0.39 is 5.91 Å². The Morgan fingerprint density at radius 1 is 0.911 bits per heavy atom. The van der Waals surface area contributed by atoms with Crippen LogP contribution in [-0.2, 0) is 4.79 Å². The lowest BCUT2D eigenvalue weighted by molar-refractivity contribution is -0.127. The molecule has 2 aromatic carbocycles. The van der Waals surface area contributed by atoms with Gasteiger partial charge >= 0.3 is 0 Å². The molecule has 2 saturated heterocycles. The number of anilines is 1. The van der Waals surface area contributed by atoms with Gasteiger partial charge in [-0.3, -0.25) is 19.4 Å². The molecule has 0 saturated carbocycles. The number of piperidine rings is 1. The number of piperazine rings is 1. The molecule has 3 aromatic rings. The molecule has 0 bridgehead atoms. The zero-order valence-corrected chi connectivity index (χ0v) is 25.8. The number of nitrogens with zero attached hydrogens (tertiary/aromatic N) is 5. The van der Waals surface area contributed by atoms with Gasteiger partial charge in [0.25, 0.3) is 5.91 Å². The monoisotopic (exact) mass is 612 g/mol. The summed E-state index contributed by atoms with van der Waals surface area (Å²) < 4.78 is 7.92. The molecular formula is C34H44N8O3. The maximum absolute atomic E-state index is 13.0. The lowest BCUT2D eigenvalue weighted by Crippen LogP contribution is -2.47. The predicted molar refractivity (Wildman–Crippen MR) is 175 cm³/mol. The number of para-hydroxylation sites is 1. The third-order valence-corrected chi connectivity index (χ3v) is 9.24. The number of aromatic nitrogens is 2. The molecule has 5 N–H and O–H groups in total. The Kier molecular flexibility index (Phi) is 9.78. The van der Waals surface area contributed by atoms with Gasteiger partial charge in [0.1, 0.15) is 28.6 Å². The second-order valence-corrected chi connectivity index (χ2v) is 12.1. The normalized spacial score (nSPS) is 19.8. The molecule has 6 rings (SSSR count).